The molecule has 128 valence electrons. The van der Waals surface area contributed by atoms with Gasteiger partial charge in [-0.05, 0) is 54.6 Å². The number of rotatable bonds is 3. The van der Waals surface area contributed by atoms with E-state index in [1.807, 2.05) is 0 Å². The number of benzene rings is 3. The van der Waals surface area contributed by atoms with Gasteiger partial charge in [0.2, 0.25) is 5.75 Å². The first-order valence-corrected chi connectivity index (χ1v) is 9.00. The van der Waals surface area contributed by atoms with Crippen molar-refractivity contribution in [2.45, 2.75) is 9.79 Å². The highest BCUT2D eigenvalue weighted by atomic mass is 35.5. The van der Waals surface area contributed by atoms with Gasteiger partial charge < -0.3 is 15.3 Å². The normalized spacial score (nSPS) is 12.1. The summed E-state index contributed by atoms with van der Waals surface area (Å²) < 4.78 is 12.7. The van der Waals surface area contributed by atoms with E-state index in [1.165, 1.54) is 12.1 Å². The minimum absolute atomic E-state index is 0.218. The van der Waals surface area contributed by atoms with E-state index in [1.54, 1.807) is 42.5 Å². The van der Waals surface area contributed by atoms with Gasteiger partial charge in [-0.15, -0.1) is 0 Å². The van der Waals surface area contributed by atoms with Crippen molar-refractivity contribution in [3.05, 3.63) is 64.6 Å². The Kier molecular flexibility index (Phi) is 4.90. The van der Waals surface area contributed by atoms with E-state index in [-0.39, 0.29) is 5.56 Å². The van der Waals surface area contributed by atoms with E-state index < -0.39 is 28.0 Å². The summed E-state index contributed by atoms with van der Waals surface area (Å²) in [5.41, 5.74) is 0.601. The van der Waals surface area contributed by atoms with Crippen LogP contribution >= 0.6 is 23.2 Å². The molecule has 7 heteroatoms. The van der Waals surface area contributed by atoms with Gasteiger partial charge in [-0.3, -0.25) is 0 Å². The van der Waals surface area contributed by atoms with Gasteiger partial charge in [-0.25, -0.2) is 4.21 Å². The lowest BCUT2D eigenvalue weighted by molar-refractivity contribution is 0.369. The molecule has 0 radical (unpaired) electrons. The summed E-state index contributed by atoms with van der Waals surface area (Å²) in [5.74, 6) is -1.59. The molecule has 0 saturated heterocycles. The van der Waals surface area contributed by atoms with Crippen molar-refractivity contribution in [3.63, 3.8) is 0 Å². The third kappa shape index (κ3) is 3.44. The smallest absolute Gasteiger partial charge is 0.200 e. The highest BCUT2D eigenvalue weighted by molar-refractivity contribution is 7.85. The second-order valence-electron chi connectivity index (χ2n) is 5.19. The molecule has 25 heavy (non-hydrogen) atoms. The average molecular weight is 395 g/mol. The molecule has 0 aliphatic carbocycles. The van der Waals surface area contributed by atoms with E-state index in [2.05, 4.69) is 0 Å². The molecule has 1 unspecified atom stereocenters. The standard InChI is InChI=1S/C18H12Cl2O4S/c19-10-1-3-11(4-2-10)25(24)12-5-7-15(20)14(9-12)13-6-8-16(21)18(23)17(13)22/h1-9,21-23H. The molecule has 0 aromatic heterocycles. The molecule has 0 fully saturated rings. The van der Waals surface area contributed by atoms with Crippen LogP contribution in [0.5, 0.6) is 17.2 Å². The van der Waals surface area contributed by atoms with Gasteiger partial charge in [-0.1, -0.05) is 23.2 Å². The van der Waals surface area contributed by atoms with Crippen LogP contribution in [0.4, 0.5) is 0 Å². The van der Waals surface area contributed by atoms with Crippen LogP contribution in [-0.4, -0.2) is 19.5 Å². The Hall–Kier alpha value is -2.21. The molecule has 4 nitrogen and oxygen atoms in total. The lowest BCUT2D eigenvalue weighted by atomic mass is 10.0. The van der Waals surface area contributed by atoms with E-state index in [0.717, 1.165) is 0 Å². The predicted octanol–water partition coefficient (Wildman–Crippen LogP) is 4.94. The lowest BCUT2D eigenvalue weighted by Crippen LogP contribution is -1.94. The first-order chi connectivity index (χ1) is 11.9. The Bertz CT molecular complexity index is 972. The fraction of sp³-hybridized carbons (Fsp3) is 0. The molecule has 0 amide bonds. The molecule has 0 aliphatic heterocycles. The van der Waals surface area contributed by atoms with Gasteiger partial charge in [0.1, 0.15) is 0 Å². The molecule has 3 aromatic carbocycles. The van der Waals surface area contributed by atoms with Crippen molar-refractivity contribution in [1.82, 2.24) is 0 Å². The van der Waals surface area contributed by atoms with Gasteiger partial charge in [-0.2, -0.15) is 0 Å². The molecule has 0 spiro atoms. The predicted molar refractivity (Wildman–Crippen MR) is 98.0 cm³/mol. The van der Waals surface area contributed by atoms with Crippen LogP contribution in [0.3, 0.4) is 0 Å². The maximum Gasteiger partial charge on any atom is 0.200 e. The SMILES string of the molecule is O=S(c1ccc(Cl)cc1)c1ccc(Cl)c(-c2ccc(O)c(O)c2O)c1. The van der Waals surface area contributed by atoms with Gasteiger partial charge in [0, 0.05) is 31.0 Å². The maximum atomic E-state index is 12.7. The van der Waals surface area contributed by atoms with Crippen molar-refractivity contribution in [1.29, 1.82) is 0 Å². The Morgan fingerprint density at radius 3 is 2.04 bits per heavy atom. The zero-order valence-corrected chi connectivity index (χ0v) is 14.9. The Labute approximate surface area is 156 Å². The van der Waals surface area contributed by atoms with E-state index in [4.69, 9.17) is 23.2 Å². The molecule has 3 N–H and O–H groups in total. The van der Waals surface area contributed by atoms with Gasteiger partial charge >= 0.3 is 0 Å². The minimum atomic E-state index is -1.47. The van der Waals surface area contributed by atoms with Crippen LogP contribution in [0.15, 0.2) is 64.4 Å². The number of hydrogen-bond donors (Lipinski definition) is 3. The van der Waals surface area contributed by atoms with Crippen LogP contribution in [0.25, 0.3) is 11.1 Å². The zero-order chi connectivity index (χ0) is 18.1. The summed E-state index contributed by atoms with van der Waals surface area (Å²) in [4.78, 5) is 1.03. The molecule has 0 aliphatic rings. The third-order valence-corrected chi connectivity index (χ3v) is 5.56. The summed E-state index contributed by atoms with van der Waals surface area (Å²) in [6.07, 6.45) is 0. The van der Waals surface area contributed by atoms with Crippen molar-refractivity contribution < 1.29 is 19.5 Å². The summed E-state index contributed by atoms with van der Waals surface area (Å²) in [5, 5.41) is 30.1. The van der Waals surface area contributed by atoms with Crippen molar-refractivity contribution in [2.24, 2.45) is 0 Å². The van der Waals surface area contributed by atoms with Crippen LogP contribution in [0.2, 0.25) is 10.0 Å². The number of phenols is 3. The summed E-state index contributed by atoms with van der Waals surface area (Å²) in [6.45, 7) is 0. The Morgan fingerprint density at radius 2 is 1.36 bits per heavy atom. The molecule has 0 saturated carbocycles. The van der Waals surface area contributed by atoms with E-state index in [9.17, 15) is 19.5 Å². The van der Waals surface area contributed by atoms with Crippen LogP contribution < -0.4 is 0 Å². The molecular formula is C18H12Cl2O4S. The molecular weight excluding hydrogens is 383 g/mol. The van der Waals surface area contributed by atoms with Crippen molar-refractivity contribution in [3.8, 4) is 28.4 Å². The van der Waals surface area contributed by atoms with Crippen LogP contribution in [-0.2, 0) is 10.8 Å². The molecule has 1 atom stereocenters. The lowest BCUT2D eigenvalue weighted by Gasteiger charge is -2.11. The van der Waals surface area contributed by atoms with Crippen molar-refractivity contribution in [2.75, 3.05) is 0 Å². The fourth-order valence-corrected chi connectivity index (χ4v) is 3.72. The maximum absolute atomic E-state index is 12.7. The average Bonchev–Trinajstić information content (AvgIpc) is 2.61. The van der Waals surface area contributed by atoms with Crippen LogP contribution in [0, 0.1) is 0 Å². The zero-order valence-electron chi connectivity index (χ0n) is 12.6. The quantitative estimate of drug-likeness (QED) is 0.549. The molecule has 0 heterocycles. The summed E-state index contributed by atoms with van der Waals surface area (Å²) in [7, 11) is -1.47. The Morgan fingerprint density at radius 1 is 0.720 bits per heavy atom. The first kappa shape index (κ1) is 17.6. The first-order valence-electron chi connectivity index (χ1n) is 7.09. The highest BCUT2D eigenvalue weighted by Gasteiger charge is 2.17. The number of phenolic OH excluding ortho intramolecular Hbond substituents is 3. The van der Waals surface area contributed by atoms with Crippen molar-refractivity contribution >= 4 is 34.0 Å². The van der Waals surface area contributed by atoms with Gasteiger partial charge in [0.05, 0.1) is 10.8 Å². The van der Waals surface area contributed by atoms with Crippen LogP contribution in [0.1, 0.15) is 0 Å². The summed E-state index contributed by atoms with van der Waals surface area (Å²) >= 11 is 12.0. The van der Waals surface area contributed by atoms with Gasteiger partial charge in [0.15, 0.2) is 11.5 Å². The molecule has 3 rings (SSSR count). The van der Waals surface area contributed by atoms with E-state index in [0.29, 0.717) is 25.4 Å². The second kappa shape index (κ2) is 6.96. The molecule has 0 bridgehead atoms. The molecule has 3 aromatic rings. The number of halogens is 2. The number of hydrogen-bond acceptors (Lipinski definition) is 4. The van der Waals surface area contributed by atoms with Gasteiger partial charge in [0.25, 0.3) is 0 Å². The minimum Gasteiger partial charge on any atom is -0.504 e. The van der Waals surface area contributed by atoms with E-state index >= 15 is 0 Å². The third-order valence-electron chi connectivity index (χ3n) is 3.60. The number of aromatic hydroxyl groups is 3. The topological polar surface area (TPSA) is 77.8 Å². The fourth-order valence-electron chi connectivity index (χ4n) is 2.31. The second-order valence-corrected chi connectivity index (χ2v) is 7.52. The largest absolute Gasteiger partial charge is 0.504 e. The highest BCUT2D eigenvalue weighted by Crippen LogP contribution is 2.44. The monoisotopic (exact) mass is 394 g/mol. The summed E-state index contributed by atoms with van der Waals surface area (Å²) in [6, 6.07) is 14.0. The Balaban J connectivity index is 2.09.